The Morgan fingerprint density at radius 1 is 1.43 bits per heavy atom. The van der Waals surface area contributed by atoms with Crippen LogP contribution in [0.1, 0.15) is 11.1 Å². The lowest BCUT2D eigenvalue weighted by Gasteiger charge is -2.14. The summed E-state index contributed by atoms with van der Waals surface area (Å²) in [7, 11) is 0. The molecular weight excluding hydrogens is 277 g/mol. The van der Waals surface area contributed by atoms with E-state index in [1.807, 2.05) is 6.07 Å². The minimum atomic E-state index is -0.657. The number of nitriles is 1. The van der Waals surface area contributed by atoms with Crippen LogP contribution in [0.25, 0.3) is 0 Å². The van der Waals surface area contributed by atoms with Crippen LogP contribution in [0.15, 0.2) is 23.9 Å². The number of imide groups is 1. The first-order valence-corrected chi connectivity index (χ1v) is 6.14. The number of halogens is 1. The van der Waals surface area contributed by atoms with Crippen molar-refractivity contribution in [1.29, 1.82) is 5.26 Å². The van der Waals surface area contributed by atoms with E-state index in [-0.39, 0.29) is 35.7 Å². The van der Waals surface area contributed by atoms with Crippen LogP contribution < -0.4 is 5.32 Å². The van der Waals surface area contributed by atoms with E-state index in [2.05, 4.69) is 5.32 Å². The van der Waals surface area contributed by atoms with Gasteiger partial charge in [0, 0.05) is 11.6 Å². The molecule has 7 heteroatoms. The van der Waals surface area contributed by atoms with E-state index in [0.29, 0.717) is 0 Å². The number of rotatable bonds is 4. The maximum absolute atomic E-state index is 14.1. The predicted molar refractivity (Wildman–Crippen MR) is 71.4 cm³/mol. The van der Waals surface area contributed by atoms with Gasteiger partial charge >= 0.3 is 0 Å². The Bertz CT molecular complexity index is 691. The molecule has 1 heterocycles. The number of aliphatic hydroxyl groups is 1. The summed E-state index contributed by atoms with van der Waals surface area (Å²) in [5.41, 5.74) is 0.288. The number of amides is 2. The van der Waals surface area contributed by atoms with Gasteiger partial charge < -0.3 is 10.4 Å². The van der Waals surface area contributed by atoms with Gasteiger partial charge in [-0.2, -0.15) is 5.26 Å². The highest BCUT2D eigenvalue weighted by Crippen LogP contribution is 2.24. The van der Waals surface area contributed by atoms with Crippen molar-refractivity contribution in [3.8, 4) is 6.07 Å². The maximum Gasteiger partial charge on any atom is 0.277 e. The van der Waals surface area contributed by atoms with Gasteiger partial charge in [-0.3, -0.25) is 14.5 Å². The second-order valence-corrected chi connectivity index (χ2v) is 4.41. The summed E-state index contributed by atoms with van der Waals surface area (Å²) in [6.07, 6.45) is 1.05. The van der Waals surface area contributed by atoms with Crippen LogP contribution in [0.5, 0.6) is 0 Å². The third kappa shape index (κ3) is 2.61. The predicted octanol–water partition coefficient (Wildman–Crippen LogP) is 0.663. The number of β-amino-alcohol motifs (C(OH)–C–C–N with tert-alkyl or cyclic N) is 1. The summed E-state index contributed by atoms with van der Waals surface area (Å²) >= 11 is 0. The molecule has 0 atom stereocenters. The van der Waals surface area contributed by atoms with Crippen molar-refractivity contribution < 1.29 is 19.1 Å². The van der Waals surface area contributed by atoms with E-state index >= 15 is 0 Å². The first kappa shape index (κ1) is 14.7. The Hall–Kier alpha value is -2.72. The van der Waals surface area contributed by atoms with E-state index in [0.717, 1.165) is 11.0 Å². The molecule has 1 aromatic rings. The molecule has 0 saturated carbocycles. The second kappa shape index (κ2) is 5.73. The van der Waals surface area contributed by atoms with Gasteiger partial charge in [-0.05, 0) is 19.1 Å². The lowest BCUT2D eigenvalue weighted by molar-refractivity contribution is -0.137. The summed E-state index contributed by atoms with van der Waals surface area (Å²) < 4.78 is 14.1. The van der Waals surface area contributed by atoms with Gasteiger partial charge in [0.25, 0.3) is 11.8 Å². The first-order valence-electron chi connectivity index (χ1n) is 6.14. The fourth-order valence-electron chi connectivity index (χ4n) is 1.96. The molecule has 1 aromatic carbocycles. The molecule has 0 spiro atoms. The molecule has 108 valence electrons. The number of carbonyl (C=O) groups is 2. The van der Waals surface area contributed by atoms with Crippen LogP contribution >= 0.6 is 0 Å². The third-order valence-electron chi connectivity index (χ3n) is 3.11. The Kier molecular flexibility index (Phi) is 4.00. The fourth-order valence-corrected chi connectivity index (χ4v) is 1.96. The summed E-state index contributed by atoms with van der Waals surface area (Å²) in [5.74, 6) is -1.85. The van der Waals surface area contributed by atoms with Gasteiger partial charge in [0.1, 0.15) is 5.70 Å². The van der Waals surface area contributed by atoms with Crippen LogP contribution in [-0.4, -0.2) is 35.0 Å². The minimum absolute atomic E-state index is 0.00440. The van der Waals surface area contributed by atoms with Crippen molar-refractivity contribution >= 4 is 17.5 Å². The molecule has 0 radical (unpaired) electrons. The lowest BCUT2D eigenvalue weighted by Crippen LogP contribution is -2.34. The van der Waals surface area contributed by atoms with Gasteiger partial charge in [0.2, 0.25) is 0 Å². The highest BCUT2D eigenvalue weighted by Gasteiger charge is 2.31. The zero-order valence-electron chi connectivity index (χ0n) is 11.2. The van der Waals surface area contributed by atoms with Gasteiger partial charge in [-0.1, -0.05) is 0 Å². The number of hydrogen-bond donors (Lipinski definition) is 2. The SMILES string of the molecule is Cc1c(C#N)ccc(NC2=CC(=O)N(CCO)C2=O)c1F. The largest absolute Gasteiger partial charge is 0.395 e. The average molecular weight is 289 g/mol. The summed E-state index contributed by atoms with van der Waals surface area (Å²) in [6, 6.07) is 4.61. The van der Waals surface area contributed by atoms with Crippen LogP contribution in [0, 0.1) is 24.1 Å². The summed E-state index contributed by atoms with van der Waals surface area (Å²) in [4.78, 5) is 24.3. The highest BCUT2D eigenvalue weighted by molar-refractivity contribution is 6.17. The Morgan fingerprint density at radius 2 is 2.14 bits per heavy atom. The lowest BCUT2D eigenvalue weighted by atomic mass is 10.1. The Balaban J connectivity index is 2.26. The third-order valence-corrected chi connectivity index (χ3v) is 3.11. The molecule has 0 fully saturated rings. The molecule has 2 amide bonds. The summed E-state index contributed by atoms with van der Waals surface area (Å²) in [5, 5.41) is 20.2. The highest BCUT2D eigenvalue weighted by atomic mass is 19.1. The molecule has 21 heavy (non-hydrogen) atoms. The molecule has 0 unspecified atom stereocenters. The number of aliphatic hydroxyl groups excluding tert-OH is 1. The molecule has 2 N–H and O–H groups in total. The molecule has 1 aliphatic heterocycles. The second-order valence-electron chi connectivity index (χ2n) is 4.41. The monoisotopic (exact) mass is 289 g/mol. The molecule has 6 nitrogen and oxygen atoms in total. The minimum Gasteiger partial charge on any atom is -0.395 e. The molecule has 0 aromatic heterocycles. The van der Waals surface area contributed by atoms with Crippen molar-refractivity contribution in [3.05, 3.63) is 40.8 Å². The molecule has 0 saturated heterocycles. The van der Waals surface area contributed by atoms with Gasteiger partial charge in [-0.15, -0.1) is 0 Å². The van der Waals surface area contributed by atoms with Crippen LogP contribution in [-0.2, 0) is 9.59 Å². The van der Waals surface area contributed by atoms with E-state index in [4.69, 9.17) is 10.4 Å². The van der Waals surface area contributed by atoms with Crippen LogP contribution in [0.2, 0.25) is 0 Å². The standard InChI is InChI=1S/C14H12FN3O3/c1-8-9(7-16)2-3-10(13(8)15)17-11-6-12(20)18(4-5-19)14(11)21/h2-3,6,17,19H,4-5H2,1H3. The number of hydrogen-bond acceptors (Lipinski definition) is 5. The smallest absolute Gasteiger partial charge is 0.277 e. The maximum atomic E-state index is 14.1. The topological polar surface area (TPSA) is 93.4 Å². The Morgan fingerprint density at radius 3 is 2.76 bits per heavy atom. The number of nitrogens with zero attached hydrogens (tertiary/aromatic N) is 2. The zero-order chi connectivity index (χ0) is 15.6. The van der Waals surface area contributed by atoms with Crippen molar-refractivity contribution in [2.75, 3.05) is 18.5 Å². The quantitative estimate of drug-likeness (QED) is 0.794. The first-order chi connectivity index (χ1) is 9.99. The van der Waals surface area contributed by atoms with Gasteiger partial charge in [-0.25, -0.2) is 4.39 Å². The van der Waals surface area contributed by atoms with E-state index in [1.165, 1.54) is 19.1 Å². The van der Waals surface area contributed by atoms with E-state index < -0.39 is 17.6 Å². The summed E-state index contributed by atoms with van der Waals surface area (Å²) in [6.45, 7) is 0.990. The fraction of sp³-hybridized carbons (Fsp3) is 0.214. The number of carbonyl (C=O) groups excluding carboxylic acids is 2. The molecule has 0 aliphatic carbocycles. The van der Waals surface area contributed by atoms with E-state index in [9.17, 15) is 14.0 Å². The van der Waals surface area contributed by atoms with Gasteiger partial charge in [0.05, 0.1) is 30.5 Å². The number of benzene rings is 1. The zero-order valence-corrected chi connectivity index (χ0v) is 11.2. The number of anilines is 1. The van der Waals surface area contributed by atoms with Crippen LogP contribution in [0.3, 0.4) is 0 Å². The van der Waals surface area contributed by atoms with Crippen LogP contribution in [0.4, 0.5) is 10.1 Å². The van der Waals surface area contributed by atoms with Crippen molar-refractivity contribution in [3.63, 3.8) is 0 Å². The Labute approximate surface area is 120 Å². The van der Waals surface area contributed by atoms with Crippen molar-refractivity contribution in [2.45, 2.75) is 6.92 Å². The van der Waals surface area contributed by atoms with Crippen molar-refractivity contribution in [1.82, 2.24) is 4.90 Å². The molecular formula is C14H12FN3O3. The molecule has 1 aliphatic rings. The normalized spacial score (nSPS) is 14.2. The average Bonchev–Trinajstić information content (AvgIpc) is 2.72. The number of nitrogens with one attached hydrogen (secondary N) is 1. The molecule has 0 bridgehead atoms. The molecule has 2 rings (SSSR count). The van der Waals surface area contributed by atoms with Gasteiger partial charge in [0.15, 0.2) is 5.82 Å². The van der Waals surface area contributed by atoms with E-state index in [1.54, 1.807) is 0 Å². The van der Waals surface area contributed by atoms with Crippen molar-refractivity contribution in [2.24, 2.45) is 0 Å².